The van der Waals surface area contributed by atoms with E-state index in [4.69, 9.17) is 0 Å². The minimum atomic E-state index is 0. The highest BCUT2D eigenvalue weighted by Crippen LogP contribution is 2.41. The lowest BCUT2D eigenvalue weighted by Gasteiger charge is -2.26. The summed E-state index contributed by atoms with van der Waals surface area (Å²) in [5, 5.41) is 7.72. The molecule has 0 amide bonds. The maximum atomic E-state index is 2.37. The average molecular weight is 717 g/mol. The van der Waals surface area contributed by atoms with Crippen LogP contribution in [0.4, 0.5) is 34.1 Å². The Bertz CT molecular complexity index is 2870. The molecule has 0 aliphatic heterocycles. The molecule has 10 aromatic rings. The van der Waals surface area contributed by atoms with Crippen LogP contribution in [-0.2, 0) is 0 Å². The number of fused-ring (bicyclic) bond motifs is 6. The zero-order chi connectivity index (χ0) is 37.3. The first-order valence-corrected chi connectivity index (χ1v) is 19.2. The predicted octanol–water partition coefficient (Wildman–Crippen LogP) is 15.7. The van der Waals surface area contributed by atoms with E-state index >= 15 is 0 Å². The topological polar surface area (TPSA) is 6.48 Å². The van der Waals surface area contributed by atoms with Crippen molar-refractivity contribution in [2.24, 2.45) is 0 Å². The standard InChI is InChI=1S/C54H38N2.H2/c1-4-16-43(17-5-1)55(44-18-6-2-7-19-44)46-32-27-39(28-33-46)40-29-34-47(35-30-40)56(45-20-8-3-9-21-45)48-22-14-15-41(37-48)42-31-36-53-51-25-11-10-23-49(51)50-24-12-13-26-52(50)54(53)38-42;/h1-38H;1H. The van der Waals surface area contributed by atoms with Crippen LogP contribution in [0.1, 0.15) is 1.43 Å². The number of rotatable bonds is 8. The van der Waals surface area contributed by atoms with E-state index in [0.717, 1.165) is 34.1 Å². The van der Waals surface area contributed by atoms with Gasteiger partial charge in [-0.3, -0.25) is 0 Å². The molecule has 0 saturated carbocycles. The Morgan fingerprint density at radius 2 is 0.518 bits per heavy atom. The van der Waals surface area contributed by atoms with Crippen LogP contribution < -0.4 is 9.80 Å². The molecule has 10 rings (SSSR count). The molecule has 2 nitrogen and oxygen atoms in total. The Labute approximate surface area is 329 Å². The fourth-order valence-electron chi connectivity index (χ4n) is 8.14. The monoisotopic (exact) mass is 716 g/mol. The van der Waals surface area contributed by atoms with Gasteiger partial charge in [-0.25, -0.2) is 0 Å². The highest BCUT2D eigenvalue weighted by atomic mass is 15.1. The molecule has 0 aromatic heterocycles. The molecule has 0 unspecified atom stereocenters. The molecule has 0 bridgehead atoms. The largest absolute Gasteiger partial charge is 0.311 e. The van der Waals surface area contributed by atoms with Gasteiger partial charge >= 0.3 is 0 Å². The van der Waals surface area contributed by atoms with E-state index in [0.29, 0.717) is 0 Å². The molecule has 266 valence electrons. The van der Waals surface area contributed by atoms with Gasteiger partial charge in [0.15, 0.2) is 0 Å². The molecule has 0 saturated heterocycles. The Morgan fingerprint density at radius 1 is 0.196 bits per heavy atom. The van der Waals surface area contributed by atoms with Gasteiger partial charge in [0.2, 0.25) is 0 Å². The van der Waals surface area contributed by atoms with Gasteiger partial charge in [0.1, 0.15) is 0 Å². The van der Waals surface area contributed by atoms with Crippen LogP contribution in [0, 0.1) is 0 Å². The maximum Gasteiger partial charge on any atom is 0.0467 e. The first-order chi connectivity index (χ1) is 27.8. The van der Waals surface area contributed by atoms with E-state index < -0.39 is 0 Å². The quantitative estimate of drug-likeness (QED) is 0.144. The molecule has 0 N–H and O–H groups in total. The Morgan fingerprint density at radius 3 is 0.982 bits per heavy atom. The third kappa shape index (κ3) is 6.14. The van der Waals surface area contributed by atoms with Crippen molar-refractivity contribution in [2.75, 3.05) is 9.80 Å². The summed E-state index contributed by atoms with van der Waals surface area (Å²) in [6.07, 6.45) is 0. The molecule has 0 radical (unpaired) electrons. The van der Waals surface area contributed by atoms with Crippen LogP contribution in [0.25, 0.3) is 54.6 Å². The van der Waals surface area contributed by atoms with Gasteiger partial charge in [0.25, 0.3) is 0 Å². The SMILES string of the molecule is [HH].c1ccc(N(c2ccccc2)c2ccc(-c3ccc(N(c4ccccc4)c4cccc(-c5ccc6c7ccccc7c7ccccc7c6c5)c4)cc3)cc2)cc1. The summed E-state index contributed by atoms with van der Waals surface area (Å²) in [7, 11) is 0. The van der Waals surface area contributed by atoms with Crippen LogP contribution in [0.5, 0.6) is 0 Å². The molecule has 0 fully saturated rings. The highest BCUT2D eigenvalue weighted by molar-refractivity contribution is 6.25. The van der Waals surface area contributed by atoms with E-state index in [1.807, 2.05) is 0 Å². The summed E-state index contributed by atoms with van der Waals surface area (Å²) in [4.78, 5) is 4.64. The van der Waals surface area contributed by atoms with E-state index in [1.54, 1.807) is 0 Å². The number of benzene rings is 10. The maximum absolute atomic E-state index is 2.37. The lowest BCUT2D eigenvalue weighted by molar-refractivity contribution is 1.28. The second-order valence-corrected chi connectivity index (χ2v) is 14.2. The zero-order valence-electron chi connectivity index (χ0n) is 30.8. The van der Waals surface area contributed by atoms with Crippen LogP contribution in [-0.4, -0.2) is 0 Å². The molecule has 56 heavy (non-hydrogen) atoms. The van der Waals surface area contributed by atoms with Gasteiger partial charge in [0.05, 0.1) is 0 Å². The van der Waals surface area contributed by atoms with Gasteiger partial charge in [-0.2, -0.15) is 0 Å². The average Bonchev–Trinajstić information content (AvgIpc) is 3.28. The first kappa shape index (κ1) is 33.2. The van der Waals surface area contributed by atoms with E-state index in [9.17, 15) is 0 Å². The molecule has 0 aliphatic carbocycles. The minimum absolute atomic E-state index is 0. The lowest BCUT2D eigenvalue weighted by atomic mass is 9.92. The third-order valence-electron chi connectivity index (χ3n) is 10.8. The summed E-state index contributed by atoms with van der Waals surface area (Å²) in [5.74, 6) is 0. The highest BCUT2D eigenvalue weighted by Gasteiger charge is 2.16. The summed E-state index contributed by atoms with van der Waals surface area (Å²) >= 11 is 0. The molecule has 10 aromatic carbocycles. The molecule has 0 atom stereocenters. The second kappa shape index (κ2) is 14.4. The number of anilines is 6. The van der Waals surface area contributed by atoms with Crippen molar-refractivity contribution in [3.05, 3.63) is 231 Å². The van der Waals surface area contributed by atoms with Gasteiger partial charge in [-0.1, -0.05) is 152 Å². The van der Waals surface area contributed by atoms with E-state index in [2.05, 4.69) is 240 Å². The minimum Gasteiger partial charge on any atom is -0.311 e. The van der Waals surface area contributed by atoms with Crippen molar-refractivity contribution in [3.8, 4) is 22.3 Å². The second-order valence-electron chi connectivity index (χ2n) is 14.2. The van der Waals surface area contributed by atoms with Crippen LogP contribution in [0.15, 0.2) is 231 Å². The summed E-state index contributed by atoms with van der Waals surface area (Å²) in [6, 6.07) is 82.9. The number of hydrogen-bond donors (Lipinski definition) is 0. The van der Waals surface area contributed by atoms with E-state index in [1.165, 1.54) is 54.6 Å². The third-order valence-corrected chi connectivity index (χ3v) is 10.8. The van der Waals surface area contributed by atoms with Gasteiger partial charge in [-0.05, 0) is 133 Å². The Hall–Kier alpha value is -7.42. The normalized spacial score (nSPS) is 11.2. The van der Waals surface area contributed by atoms with Crippen molar-refractivity contribution >= 4 is 66.4 Å². The molecule has 2 heteroatoms. The van der Waals surface area contributed by atoms with Crippen molar-refractivity contribution in [1.29, 1.82) is 0 Å². The first-order valence-electron chi connectivity index (χ1n) is 19.2. The fraction of sp³-hybridized carbons (Fsp3) is 0. The van der Waals surface area contributed by atoms with Crippen LogP contribution >= 0.6 is 0 Å². The molecule has 0 heterocycles. The van der Waals surface area contributed by atoms with Crippen molar-refractivity contribution in [3.63, 3.8) is 0 Å². The fourth-order valence-corrected chi connectivity index (χ4v) is 8.14. The summed E-state index contributed by atoms with van der Waals surface area (Å²) < 4.78 is 0. The van der Waals surface area contributed by atoms with Crippen molar-refractivity contribution in [1.82, 2.24) is 0 Å². The molecule has 0 aliphatic rings. The smallest absolute Gasteiger partial charge is 0.0467 e. The lowest BCUT2D eigenvalue weighted by Crippen LogP contribution is -2.10. The molecular formula is C54H40N2. The Kier molecular flexibility index (Phi) is 8.55. The van der Waals surface area contributed by atoms with Crippen LogP contribution in [0.2, 0.25) is 0 Å². The summed E-state index contributed by atoms with van der Waals surface area (Å²) in [5.41, 5.74) is 11.4. The number of hydrogen-bond acceptors (Lipinski definition) is 2. The van der Waals surface area contributed by atoms with Crippen molar-refractivity contribution in [2.45, 2.75) is 0 Å². The molecular weight excluding hydrogens is 677 g/mol. The summed E-state index contributed by atoms with van der Waals surface area (Å²) in [6.45, 7) is 0. The molecule has 0 spiro atoms. The predicted molar refractivity (Wildman–Crippen MR) is 241 cm³/mol. The van der Waals surface area contributed by atoms with Gasteiger partial charge in [0, 0.05) is 35.6 Å². The van der Waals surface area contributed by atoms with E-state index in [-0.39, 0.29) is 1.43 Å². The number of nitrogens with zero attached hydrogens (tertiary/aromatic N) is 2. The van der Waals surface area contributed by atoms with Crippen LogP contribution in [0.3, 0.4) is 0 Å². The van der Waals surface area contributed by atoms with Crippen molar-refractivity contribution < 1.29 is 1.43 Å². The van der Waals surface area contributed by atoms with Gasteiger partial charge in [-0.15, -0.1) is 0 Å². The number of para-hydroxylation sites is 3. The Balaban J connectivity index is 0.00000422. The van der Waals surface area contributed by atoms with Gasteiger partial charge < -0.3 is 9.80 Å². The zero-order valence-corrected chi connectivity index (χ0v) is 30.8.